The van der Waals surface area contributed by atoms with Gasteiger partial charge < -0.3 is 10.1 Å². The average Bonchev–Trinajstić information content (AvgIpc) is 2.86. The van der Waals surface area contributed by atoms with E-state index in [9.17, 15) is 13.2 Å². The van der Waals surface area contributed by atoms with Gasteiger partial charge in [-0.25, -0.2) is 13.4 Å². The van der Waals surface area contributed by atoms with Gasteiger partial charge >= 0.3 is 0 Å². The van der Waals surface area contributed by atoms with Crippen molar-refractivity contribution in [3.8, 4) is 0 Å². The van der Waals surface area contributed by atoms with E-state index >= 15 is 0 Å². The molecule has 0 saturated carbocycles. The van der Waals surface area contributed by atoms with Gasteiger partial charge in [0.2, 0.25) is 10.0 Å². The number of carbonyl (C=O) groups is 1. The van der Waals surface area contributed by atoms with Crippen LogP contribution in [0.15, 0.2) is 75.6 Å². The summed E-state index contributed by atoms with van der Waals surface area (Å²) in [7, 11) is -3.54. The topological polar surface area (TPSA) is 88.6 Å². The minimum absolute atomic E-state index is 0.232. The van der Waals surface area contributed by atoms with Gasteiger partial charge in [-0.2, -0.15) is 4.31 Å². The van der Waals surface area contributed by atoms with Crippen LogP contribution in [0.25, 0.3) is 0 Å². The van der Waals surface area contributed by atoms with Gasteiger partial charge in [0.15, 0.2) is 0 Å². The predicted molar refractivity (Wildman–Crippen MR) is 131 cm³/mol. The first-order valence-electron chi connectivity index (χ1n) is 11.0. The Morgan fingerprint density at radius 1 is 1.06 bits per heavy atom. The summed E-state index contributed by atoms with van der Waals surface area (Å²) in [5, 5.41) is 3.55. The lowest BCUT2D eigenvalue weighted by molar-refractivity contribution is 0.0730. The Kier molecular flexibility index (Phi) is 7.67. The van der Waals surface area contributed by atoms with E-state index in [-0.39, 0.29) is 17.3 Å². The van der Waals surface area contributed by atoms with E-state index in [0.717, 1.165) is 10.5 Å². The lowest BCUT2D eigenvalue weighted by Crippen LogP contribution is -2.40. The zero-order valence-electron chi connectivity index (χ0n) is 19.2. The van der Waals surface area contributed by atoms with Crippen molar-refractivity contribution in [1.82, 2.24) is 14.6 Å². The number of pyridine rings is 1. The molecule has 178 valence electrons. The number of hydrogen-bond donors (Lipinski definition) is 1. The Balaban J connectivity index is 1.41. The van der Waals surface area contributed by atoms with E-state index in [1.165, 1.54) is 27.2 Å². The minimum Gasteiger partial charge on any atom is -0.379 e. The summed E-state index contributed by atoms with van der Waals surface area (Å²) in [5.41, 5.74) is 3.71. The third kappa shape index (κ3) is 5.67. The zero-order valence-corrected chi connectivity index (χ0v) is 20.8. The van der Waals surface area contributed by atoms with Gasteiger partial charge in [0, 0.05) is 30.7 Å². The van der Waals surface area contributed by atoms with Crippen LogP contribution in [-0.4, -0.2) is 49.9 Å². The molecule has 1 aliphatic heterocycles. The molecule has 0 atom stereocenters. The Bertz CT molecular complexity index is 1270. The molecule has 7 nitrogen and oxygen atoms in total. The number of ether oxygens (including phenoxy) is 1. The molecule has 3 aromatic rings. The first-order chi connectivity index (χ1) is 16.3. The van der Waals surface area contributed by atoms with Crippen LogP contribution < -0.4 is 5.32 Å². The molecule has 0 aliphatic carbocycles. The van der Waals surface area contributed by atoms with E-state index < -0.39 is 10.0 Å². The number of benzene rings is 2. The fourth-order valence-corrected chi connectivity index (χ4v) is 5.91. The second-order valence-corrected chi connectivity index (χ2v) is 11.0. The number of morpholine rings is 1. The van der Waals surface area contributed by atoms with Gasteiger partial charge in [0.25, 0.3) is 5.91 Å². The summed E-state index contributed by atoms with van der Waals surface area (Å²) < 4.78 is 32.2. The number of carbonyl (C=O) groups excluding carboxylic acids is 1. The maximum Gasteiger partial charge on any atom is 0.254 e. The standard InChI is InChI=1S/C25H27N3O4S2/c1-18-5-8-21(16-19(18)2)33-25-23(4-3-11-26-25)24(29)27-17-20-6-9-22(10-7-20)34(30,31)28-12-14-32-15-13-28/h3-11,16H,12-15,17H2,1-2H3,(H,27,29). The first-order valence-corrected chi connectivity index (χ1v) is 13.3. The number of hydrogen-bond acceptors (Lipinski definition) is 6. The van der Waals surface area contributed by atoms with Crippen LogP contribution in [0, 0.1) is 13.8 Å². The van der Waals surface area contributed by atoms with Crippen LogP contribution in [0.3, 0.4) is 0 Å². The lowest BCUT2D eigenvalue weighted by atomic mass is 10.1. The number of sulfonamides is 1. The first kappa shape index (κ1) is 24.4. The molecule has 1 amide bonds. The summed E-state index contributed by atoms with van der Waals surface area (Å²) in [4.78, 5) is 18.6. The van der Waals surface area contributed by atoms with Crippen LogP contribution >= 0.6 is 11.8 Å². The zero-order chi connectivity index (χ0) is 24.1. The predicted octanol–water partition coefficient (Wildman–Crippen LogP) is 3.80. The highest BCUT2D eigenvalue weighted by Gasteiger charge is 2.26. The Morgan fingerprint density at radius 2 is 1.79 bits per heavy atom. The van der Waals surface area contributed by atoms with Crippen molar-refractivity contribution >= 4 is 27.7 Å². The summed E-state index contributed by atoms with van der Waals surface area (Å²) in [6.45, 7) is 5.92. The van der Waals surface area contributed by atoms with Crippen molar-refractivity contribution in [2.24, 2.45) is 0 Å². The van der Waals surface area contributed by atoms with Gasteiger partial charge in [0.1, 0.15) is 5.03 Å². The molecule has 34 heavy (non-hydrogen) atoms. The van der Waals surface area contributed by atoms with Gasteiger partial charge in [-0.05, 0) is 66.9 Å². The number of nitrogens with zero attached hydrogens (tertiary/aromatic N) is 2. The quantitative estimate of drug-likeness (QED) is 0.534. The Morgan fingerprint density at radius 3 is 2.50 bits per heavy atom. The summed E-state index contributed by atoms with van der Waals surface area (Å²) in [6, 6.07) is 16.3. The molecule has 1 fully saturated rings. The molecule has 1 aromatic heterocycles. The largest absolute Gasteiger partial charge is 0.379 e. The van der Waals surface area contributed by atoms with E-state index in [4.69, 9.17) is 4.74 Å². The molecular weight excluding hydrogens is 470 g/mol. The van der Waals surface area contributed by atoms with Crippen molar-refractivity contribution in [1.29, 1.82) is 0 Å². The second kappa shape index (κ2) is 10.7. The van der Waals surface area contributed by atoms with E-state index in [1.807, 2.05) is 6.07 Å². The fourth-order valence-electron chi connectivity index (χ4n) is 3.53. The summed E-state index contributed by atoms with van der Waals surface area (Å²) >= 11 is 1.45. The van der Waals surface area contributed by atoms with Gasteiger partial charge in [-0.1, -0.05) is 30.0 Å². The summed E-state index contributed by atoms with van der Waals surface area (Å²) in [5.74, 6) is -0.232. The molecule has 4 rings (SSSR count). The Labute approximate surface area is 204 Å². The number of aryl methyl sites for hydroxylation is 2. The molecule has 0 bridgehead atoms. The average molecular weight is 498 g/mol. The van der Waals surface area contributed by atoms with E-state index in [2.05, 4.69) is 36.3 Å². The molecule has 1 N–H and O–H groups in total. The molecule has 1 saturated heterocycles. The smallest absolute Gasteiger partial charge is 0.254 e. The lowest BCUT2D eigenvalue weighted by Gasteiger charge is -2.26. The van der Waals surface area contributed by atoms with E-state index in [0.29, 0.717) is 36.9 Å². The van der Waals surface area contributed by atoms with Crippen LogP contribution in [0.5, 0.6) is 0 Å². The normalized spacial score (nSPS) is 14.6. The highest BCUT2D eigenvalue weighted by molar-refractivity contribution is 7.99. The Hall–Kier alpha value is -2.72. The number of nitrogens with one attached hydrogen (secondary N) is 1. The molecule has 1 aliphatic rings. The van der Waals surface area contributed by atoms with Crippen molar-refractivity contribution in [3.63, 3.8) is 0 Å². The van der Waals surface area contributed by atoms with Crippen LogP contribution in [0.4, 0.5) is 0 Å². The van der Waals surface area contributed by atoms with Crippen molar-refractivity contribution in [2.45, 2.75) is 35.2 Å². The van der Waals surface area contributed by atoms with Gasteiger partial charge in [0.05, 0.1) is 23.7 Å². The number of rotatable bonds is 7. The third-order valence-corrected chi connectivity index (χ3v) is 8.61. The van der Waals surface area contributed by atoms with E-state index in [1.54, 1.807) is 42.6 Å². The molecule has 9 heteroatoms. The number of aromatic nitrogens is 1. The molecule has 2 aromatic carbocycles. The molecule has 0 unspecified atom stereocenters. The fraction of sp³-hybridized carbons (Fsp3) is 0.280. The maximum atomic E-state index is 12.9. The van der Waals surface area contributed by atoms with Crippen LogP contribution in [-0.2, 0) is 21.3 Å². The molecule has 0 radical (unpaired) electrons. The monoisotopic (exact) mass is 497 g/mol. The van der Waals surface area contributed by atoms with Crippen LogP contribution in [0.1, 0.15) is 27.0 Å². The van der Waals surface area contributed by atoms with Crippen LogP contribution in [0.2, 0.25) is 0 Å². The molecule has 2 heterocycles. The SMILES string of the molecule is Cc1ccc(Sc2ncccc2C(=O)NCc2ccc(S(=O)(=O)N3CCOCC3)cc2)cc1C. The molecular formula is C25H27N3O4S2. The summed E-state index contributed by atoms with van der Waals surface area (Å²) in [6.07, 6.45) is 1.67. The highest BCUT2D eigenvalue weighted by Crippen LogP contribution is 2.30. The van der Waals surface area contributed by atoms with Crippen molar-refractivity contribution < 1.29 is 17.9 Å². The number of amides is 1. The highest BCUT2D eigenvalue weighted by atomic mass is 32.2. The van der Waals surface area contributed by atoms with Gasteiger partial charge in [-0.3, -0.25) is 4.79 Å². The van der Waals surface area contributed by atoms with Crippen molar-refractivity contribution in [2.75, 3.05) is 26.3 Å². The second-order valence-electron chi connectivity index (χ2n) is 8.05. The molecule has 0 spiro atoms. The van der Waals surface area contributed by atoms with Crippen molar-refractivity contribution in [3.05, 3.63) is 83.0 Å². The minimum atomic E-state index is -3.54. The van der Waals surface area contributed by atoms with Gasteiger partial charge in [-0.15, -0.1) is 0 Å². The third-order valence-electron chi connectivity index (χ3n) is 5.69. The maximum absolute atomic E-state index is 12.9.